The van der Waals surface area contributed by atoms with Crippen LogP contribution in [0, 0.1) is 0 Å². The maximum atomic E-state index is 9.63. The van der Waals surface area contributed by atoms with Crippen molar-refractivity contribution in [3.63, 3.8) is 0 Å². The van der Waals surface area contributed by atoms with Crippen molar-refractivity contribution in [3.05, 3.63) is 0 Å². The second kappa shape index (κ2) is 2.72. The standard InChI is InChI=1S/C2H4BO3/c1-2(4)6-3-5/h5H,1H3. The molecule has 1 radical (unpaired) electrons. The smallest absolute Gasteiger partial charge is 0.511 e. The van der Waals surface area contributed by atoms with Crippen LogP contribution in [0.1, 0.15) is 6.92 Å². The van der Waals surface area contributed by atoms with E-state index >= 15 is 0 Å². The average Bonchev–Trinajstić information content (AvgIpc) is 1.35. The van der Waals surface area contributed by atoms with Gasteiger partial charge in [-0.2, -0.15) is 0 Å². The summed E-state index contributed by atoms with van der Waals surface area (Å²) in [6.45, 7) is 1.20. The van der Waals surface area contributed by atoms with Crippen molar-refractivity contribution in [2.24, 2.45) is 0 Å². The van der Waals surface area contributed by atoms with Gasteiger partial charge >= 0.3 is 7.69 Å². The van der Waals surface area contributed by atoms with Crippen LogP contribution in [0.5, 0.6) is 0 Å². The molecular formula is C2H4BO3. The summed E-state index contributed by atoms with van der Waals surface area (Å²) < 4.78 is 3.83. The van der Waals surface area contributed by atoms with Crippen LogP contribution < -0.4 is 0 Å². The molecule has 0 bridgehead atoms. The molecule has 0 rings (SSSR count). The van der Waals surface area contributed by atoms with E-state index in [9.17, 15) is 4.79 Å². The minimum Gasteiger partial charge on any atom is -0.511 e. The molecule has 0 aromatic heterocycles. The zero-order chi connectivity index (χ0) is 4.99. The molecule has 6 heavy (non-hydrogen) atoms. The summed E-state index contributed by atoms with van der Waals surface area (Å²) in [4.78, 5) is 9.63. The molecule has 0 aliphatic rings. The molecule has 0 saturated carbocycles. The molecule has 0 aromatic rings. The van der Waals surface area contributed by atoms with E-state index in [2.05, 4.69) is 4.65 Å². The summed E-state index contributed by atoms with van der Waals surface area (Å²) >= 11 is 0. The summed E-state index contributed by atoms with van der Waals surface area (Å²) in [5.74, 6) is -0.516. The maximum Gasteiger partial charge on any atom is 0.571 e. The third kappa shape index (κ3) is 3.49. The van der Waals surface area contributed by atoms with Crippen LogP contribution in [0.3, 0.4) is 0 Å². The Morgan fingerprint density at radius 2 is 2.50 bits per heavy atom. The first-order valence-corrected chi connectivity index (χ1v) is 1.40. The summed E-state index contributed by atoms with van der Waals surface area (Å²) in [5, 5.41) is 7.67. The van der Waals surface area contributed by atoms with Crippen molar-refractivity contribution < 1.29 is 14.5 Å². The van der Waals surface area contributed by atoms with Gasteiger partial charge in [-0.3, -0.25) is 4.79 Å². The van der Waals surface area contributed by atoms with Gasteiger partial charge in [0, 0.05) is 6.92 Å². The number of carbonyl (C=O) groups excluding carboxylic acids is 1. The normalized spacial score (nSPS) is 7.00. The number of hydrogen-bond donors (Lipinski definition) is 1. The topological polar surface area (TPSA) is 46.5 Å². The number of rotatable bonds is 1. The van der Waals surface area contributed by atoms with Gasteiger partial charge in [0.25, 0.3) is 5.97 Å². The molecule has 0 fully saturated rings. The first kappa shape index (κ1) is 5.49. The molecule has 0 aromatic carbocycles. The van der Waals surface area contributed by atoms with E-state index in [1.165, 1.54) is 6.92 Å². The van der Waals surface area contributed by atoms with Crippen LogP contribution >= 0.6 is 0 Å². The fraction of sp³-hybridized carbons (Fsp3) is 0.500. The van der Waals surface area contributed by atoms with E-state index in [0.29, 0.717) is 7.69 Å². The first-order chi connectivity index (χ1) is 2.77. The van der Waals surface area contributed by atoms with Crippen LogP contribution in [0.25, 0.3) is 0 Å². The zero-order valence-corrected chi connectivity index (χ0v) is 3.34. The van der Waals surface area contributed by atoms with Gasteiger partial charge in [-0.1, -0.05) is 0 Å². The molecule has 0 aliphatic carbocycles. The molecule has 0 aliphatic heterocycles. The molecule has 33 valence electrons. The summed E-state index contributed by atoms with van der Waals surface area (Å²) in [6.07, 6.45) is 0. The predicted molar refractivity (Wildman–Crippen MR) is 19.7 cm³/mol. The van der Waals surface area contributed by atoms with E-state index < -0.39 is 5.97 Å². The molecule has 0 unspecified atom stereocenters. The predicted octanol–water partition coefficient (Wildman–Crippen LogP) is -0.924. The van der Waals surface area contributed by atoms with Gasteiger partial charge in [0.1, 0.15) is 0 Å². The Balaban J connectivity index is 2.83. The SMILES string of the molecule is CC(=O)O[B]O. The van der Waals surface area contributed by atoms with Gasteiger partial charge in [0.2, 0.25) is 0 Å². The minimum absolute atomic E-state index is 0.350. The van der Waals surface area contributed by atoms with Crippen molar-refractivity contribution in [3.8, 4) is 0 Å². The lowest BCUT2D eigenvalue weighted by molar-refractivity contribution is -0.132. The van der Waals surface area contributed by atoms with Crippen molar-refractivity contribution in [2.75, 3.05) is 0 Å². The molecule has 0 saturated heterocycles. The Morgan fingerprint density at radius 1 is 2.00 bits per heavy atom. The summed E-state index contributed by atoms with van der Waals surface area (Å²) in [7, 11) is 0.350. The van der Waals surface area contributed by atoms with Gasteiger partial charge in [-0.25, -0.2) is 0 Å². The van der Waals surface area contributed by atoms with Crippen molar-refractivity contribution in [1.82, 2.24) is 0 Å². The zero-order valence-electron chi connectivity index (χ0n) is 3.34. The first-order valence-electron chi connectivity index (χ1n) is 1.40. The lowest BCUT2D eigenvalue weighted by Gasteiger charge is -1.86. The van der Waals surface area contributed by atoms with Crippen LogP contribution in [0.4, 0.5) is 0 Å². The third-order valence-corrected chi connectivity index (χ3v) is 0.219. The summed E-state index contributed by atoms with van der Waals surface area (Å²) in [6, 6.07) is 0. The van der Waals surface area contributed by atoms with E-state index in [1.54, 1.807) is 0 Å². The van der Waals surface area contributed by atoms with Gasteiger partial charge in [-0.15, -0.1) is 0 Å². The minimum atomic E-state index is -0.516. The monoisotopic (exact) mass is 87.0 g/mol. The van der Waals surface area contributed by atoms with Crippen molar-refractivity contribution >= 4 is 13.7 Å². The molecule has 1 N–H and O–H groups in total. The number of carbonyl (C=O) groups is 1. The van der Waals surface area contributed by atoms with Crippen LogP contribution in [0.2, 0.25) is 0 Å². The Kier molecular flexibility index (Phi) is 2.49. The Bertz CT molecular complexity index is 52.8. The largest absolute Gasteiger partial charge is 0.571 e. The van der Waals surface area contributed by atoms with E-state index in [4.69, 9.17) is 5.02 Å². The van der Waals surface area contributed by atoms with E-state index in [0.717, 1.165) is 0 Å². The molecule has 0 atom stereocenters. The van der Waals surface area contributed by atoms with E-state index in [1.807, 2.05) is 0 Å². The lowest BCUT2D eigenvalue weighted by atomic mass is 10.4. The maximum absolute atomic E-state index is 9.63. The highest BCUT2D eigenvalue weighted by atomic mass is 16.5. The Morgan fingerprint density at radius 3 is 2.50 bits per heavy atom. The van der Waals surface area contributed by atoms with E-state index in [-0.39, 0.29) is 0 Å². The molecule has 0 heterocycles. The fourth-order valence-electron chi connectivity index (χ4n) is 0.0742. The molecule has 0 spiro atoms. The van der Waals surface area contributed by atoms with Gasteiger partial charge < -0.3 is 9.68 Å². The highest BCUT2D eigenvalue weighted by Crippen LogP contribution is 1.64. The highest BCUT2D eigenvalue weighted by Gasteiger charge is 1.88. The number of hydrogen-bond acceptors (Lipinski definition) is 3. The van der Waals surface area contributed by atoms with Gasteiger partial charge in [-0.05, 0) is 0 Å². The Labute approximate surface area is 36.2 Å². The molecular weight excluding hydrogens is 82.8 g/mol. The van der Waals surface area contributed by atoms with Gasteiger partial charge in [0.15, 0.2) is 0 Å². The quantitative estimate of drug-likeness (QED) is 0.420. The lowest BCUT2D eigenvalue weighted by Crippen LogP contribution is -2.01. The second-order valence-corrected chi connectivity index (χ2v) is 0.715. The molecule has 4 heteroatoms. The van der Waals surface area contributed by atoms with Crippen LogP contribution in [-0.2, 0) is 9.45 Å². The summed E-state index contributed by atoms with van der Waals surface area (Å²) in [5.41, 5.74) is 0. The third-order valence-electron chi connectivity index (χ3n) is 0.219. The average molecular weight is 86.9 g/mol. The highest BCUT2D eigenvalue weighted by molar-refractivity contribution is 6.20. The van der Waals surface area contributed by atoms with Crippen molar-refractivity contribution in [2.45, 2.75) is 6.92 Å². The van der Waals surface area contributed by atoms with Crippen LogP contribution in [0.15, 0.2) is 0 Å². The molecule has 3 nitrogen and oxygen atoms in total. The second-order valence-electron chi connectivity index (χ2n) is 0.715. The molecule has 0 amide bonds. The Hall–Kier alpha value is -0.505. The van der Waals surface area contributed by atoms with Gasteiger partial charge in [0.05, 0.1) is 0 Å². The fourth-order valence-corrected chi connectivity index (χ4v) is 0.0742. The van der Waals surface area contributed by atoms with Crippen LogP contribution in [-0.4, -0.2) is 18.7 Å². The van der Waals surface area contributed by atoms with Crippen molar-refractivity contribution in [1.29, 1.82) is 0 Å².